The summed E-state index contributed by atoms with van der Waals surface area (Å²) in [5.74, 6) is -1.24. The zero-order chi connectivity index (χ0) is 13.4. The molecule has 18 heavy (non-hydrogen) atoms. The molecule has 1 rings (SSSR count). The van der Waals surface area contributed by atoms with Crippen LogP contribution in [0.1, 0.15) is 5.56 Å². The predicted octanol–water partition coefficient (Wildman–Crippen LogP) is 0.567. The molecule has 1 aromatic carbocycles. The smallest absolute Gasteiger partial charge is 0.407 e. The van der Waals surface area contributed by atoms with E-state index in [-0.39, 0.29) is 6.61 Å². The first-order valence-electron chi connectivity index (χ1n) is 5.13. The number of aliphatic hydroxyl groups is 1. The molecule has 0 bridgehead atoms. The summed E-state index contributed by atoms with van der Waals surface area (Å²) in [7, 11) is 0. The van der Waals surface area contributed by atoms with Gasteiger partial charge in [-0.2, -0.15) is 0 Å². The molecule has 96 valence electrons. The van der Waals surface area contributed by atoms with Crippen LogP contribution in [0.5, 0.6) is 0 Å². The number of carbonyl (C=O) groups is 2. The highest BCUT2D eigenvalue weighted by molar-refractivity contribution is 5.82. The second-order valence-corrected chi connectivity index (χ2v) is 3.39. The van der Waals surface area contributed by atoms with Crippen molar-refractivity contribution in [2.75, 3.05) is 6.54 Å². The number of hydrogen-bond acceptors (Lipinski definition) is 5. The average Bonchev–Trinajstić information content (AvgIpc) is 2.42. The van der Waals surface area contributed by atoms with Gasteiger partial charge >= 0.3 is 12.0 Å². The summed E-state index contributed by atoms with van der Waals surface area (Å²) < 4.78 is 4.81. The van der Waals surface area contributed by atoms with Crippen molar-refractivity contribution in [3.8, 4) is 0 Å². The Morgan fingerprint density at radius 2 is 2.00 bits per heavy atom. The monoisotopic (exact) mass is 252 g/mol. The zero-order valence-electron chi connectivity index (χ0n) is 9.41. The lowest BCUT2D eigenvalue weighted by atomic mass is 10.2. The molecule has 2 N–H and O–H groups in total. The highest BCUT2D eigenvalue weighted by Crippen LogP contribution is 2.00. The lowest BCUT2D eigenvalue weighted by molar-refractivity contribution is -0.125. The van der Waals surface area contributed by atoms with Gasteiger partial charge < -0.3 is 15.2 Å². The molecule has 0 aromatic heterocycles. The summed E-state index contributed by atoms with van der Waals surface area (Å²) in [4.78, 5) is 31.5. The molecule has 7 heteroatoms. The highest BCUT2D eigenvalue weighted by atomic mass is 16.5. The topological polar surface area (TPSA) is 105 Å². The van der Waals surface area contributed by atoms with Crippen molar-refractivity contribution >= 4 is 12.0 Å². The molecule has 0 fully saturated rings. The lowest BCUT2D eigenvalue weighted by Gasteiger charge is -2.08. The summed E-state index contributed by atoms with van der Waals surface area (Å²) in [6, 6.07) is 8.99. The number of benzene rings is 1. The van der Waals surface area contributed by atoms with Gasteiger partial charge in [-0.3, -0.25) is 4.79 Å². The van der Waals surface area contributed by atoms with Crippen molar-refractivity contribution in [2.45, 2.75) is 12.7 Å². The first-order valence-corrected chi connectivity index (χ1v) is 5.13. The van der Waals surface area contributed by atoms with Gasteiger partial charge in [0, 0.05) is 5.18 Å². The van der Waals surface area contributed by atoms with E-state index in [1.54, 1.807) is 24.3 Å². The van der Waals surface area contributed by atoms with E-state index in [2.05, 4.69) is 5.32 Å². The van der Waals surface area contributed by atoms with Gasteiger partial charge in [-0.1, -0.05) is 30.3 Å². The van der Waals surface area contributed by atoms with Gasteiger partial charge in [0.2, 0.25) is 0 Å². The van der Waals surface area contributed by atoms with Crippen molar-refractivity contribution in [3.63, 3.8) is 0 Å². The maximum atomic E-state index is 11.2. The Kier molecular flexibility index (Phi) is 5.46. The second-order valence-electron chi connectivity index (χ2n) is 3.39. The molecule has 0 aliphatic rings. The van der Waals surface area contributed by atoms with Crippen LogP contribution < -0.4 is 5.32 Å². The maximum Gasteiger partial charge on any atom is 0.407 e. The van der Waals surface area contributed by atoms with Crippen LogP contribution in [0.15, 0.2) is 35.5 Å². The van der Waals surface area contributed by atoms with E-state index in [0.717, 1.165) is 5.56 Å². The van der Waals surface area contributed by atoms with E-state index in [4.69, 9.17) is 9.84 Å². The molecule has 0 unspecified atom stereocenters. The van der Waals surface area contributed by atoms with Gasteiger partial charge in [0.1, 0.15) is 6.61 Å². The Labute approximate surface area is 103 Å². The molecule has 0 aliphatic heterocycles. The molecule has 0 saturated carbocycles. The molecule has 2 amide bonds. The molecular weight excluding hydrogens is 240 g/mol. The number of ether oxygens (including phenoxy) is 1. The van der Waals surface area contributed by atoms with E-state index >= 15 is 0 Å². The first-order chi connectivity index (χ1) is 8.63. The number of alkyl carbamates (subject to hydrolysis) is 1. The Morgan fingerprint density at radius 1 is 1.33 bits per heavy atom. The van der Waals surface area contributed by atoms with Crippen molar-refractivity contribution in [1.29, 1.82) is 0 Å². The molecule has 0 saturated heterocycles. The number of hydrogen-bond donors (Lipinski definition) is 2. The van der Waals surface area contributed by atoms with E-state index < -0.39 is 24.6 Å². The van der Waals surface area contributed by atoms with Crippen LogP contribution >= 0.6 is 0 Å². The van der Waals surface area contributed by atoms with Crippen LogP contribution in [0.25, 0.3) is 0 Å². The molecule has 0 spiro atoms. The van der Waals surface area contributed by atoms with Crippen LogP contribution in [-0.4, -0.2) is 29.8 Å². The minimum absolute atomic E-state index is 0.0721. The average molecular weight is 252 g/mol. The van der Waals surface area contributed by atoms with Gasteiger partial charge in [0.05, 0.1) is 6.54 Å². The summed E-state index contributed by atoms with van der Waals surface area (Å²) in [5, 5.41) is 13.2. The largest absolute Gasteiger partial charge is 0.445 e. The van der Waals surface area contributed by atoms with Gasteiger partial charge in [-0.05, 0) is 5.56 Å². The molecule has 0 heterocycles. The van der Waals surface area contributed by atoms with Crippen LogP contribution in [0.4, 0.5) is 4.79 Å². The Morgan fingerprint density at radius 3 is 2.61 bits per heavy atom. The van der Waals surface area contributed by atoms with Crippen molar-refractivity contribution < 1.29 is 19.4 Å². The van der Waals surface area contributed by atoms with E-state index in [9.17, 15) is 14.5 Å². The molecular formula is C11H12N2O5. The molecule has 1 atom stereocenters. The van der Waals surface area contributed by atoms with Gasteiger partial charge in [0.15, 0.2) is 6.10 Å². The number of nitroso groups, excluding NO2 is 1. The highest BCUT2D eigenvalue weighted by Gasteiger charge is 2.16. The van der Waals surface area contributed by atoms with Crippen molar-refractivity contribution in [1.82, 2.24) is 5.32 Å². The summed E-state index contributed by atoms with van der Waals surface area (Å²) >= 11 is 0. The number of carbonyl (C=O) groups excluding carboxylic acids is 2. The number of nitrogens with one attached hydrogen (secondary N) is 1. The van der Waals surface area contributed by atoms with Crippen molar-refractivity contribution in [3.05, 3.63) is 40.8 Å². The Bertz CT molecular complexity index is 421. The second kappa shape index (κ2) is 7.13. The quantitative estimate of drug-likeness (QED) is 0.745. The summed E-state index contributed by atoms with van der Waals surface area (Å²) in [6.07, 6.45) is -2.44. The minimum Gasteiger partial charge on any atom is -0.445 e. The molecule has 0 aliphatic carbocycles. The van der Waals surface area contributed by atoms with Crippen molar-refractivity contribution in [2.24, 2.45) is 5.18 Å². The van der Waals surface area contributed by atoms with E-state index in [0.29, 0.717) is 0 Å². The van der Waals surface area contributed by atoms with Crippen LogP contribution in [0.3, 0.4) is 0 Å². The third-order valence-corrected chi connectivity index (χ3v) is 2.03. The standard InChI is InChI=1S/C11H12N2O5/c14-9(10(15)13-17)6-12-11(16)18-7-8-4-2-1-3-5-8/h1-5,9,14H,6-7H2,(H,12,16)/t9-/m1/s1. The predicted molar refractivity (Wildman–Crippen MR) is 61.4 cm³/mol. The molecule has 1 aromatic rings. The zero-order valence-corrected chi connectivity index (χ0v) is 9.41. The number of rotatable bonds is 5. The third kappa shape index (κ3) is 4.71. The van der Waals surface area contributed by atoms with Gasteiger partial charge in [0.25, 0.3) is 0 Å². The van der Waals surface area contributed by atoms with E-state index in [1.807, 2.05) is 11.2 Å². The SMILES string of the molecule is O=NC(=O)[C@H](O)CNC(=O)OCc1ccccc1. The molecule has 0 radical (unpaired) electrons. The molecule has 7 nitrogen and oxygen atoms in total. The third-order valence-electron chi connectivity index (χ3n) is 2.03. The van der Waals surface area contributed by atoms with Gasteiger partial charge in [-0.25, -0.2) is 4.79 Å². The fourth-order valence-corrected chi connectivity index (χ4v) is 1.10. The van der Waals surface area contributed by atoms with E-state index in [1.165, 1.54) is 0 Å². The number of amides is 2. The normalized spacial score (nSPS) is 11.4. The van der Waals surface area contributed by atoms with Crippen LogP contribution in [0.2, 0.25) is 0 Å². The summed E-state index contributed by atoms with van der Waals surface area (Å²) in [6.45, 7) is -0.346. The number of aliphatic hydroxyl groups excluding tert-OH is 1. The fraction of sp³-hybridized carbons (Fsp3) is 0.273. The van der Waals surface area contributed by atoms with Gasteiger partial charge in [-0.15, -0.1) is 4.91 Å². The number of nitrogens with zero attached hydrogens (tertiary/aromatic N) is 1. The first kappa shape index (κ1) is 13.8. The minimum atomic E-state index is -1.65. The summed E-state index contributed by atoms with van der Waals surface area (Å²) in [5.41, 5.74) is 0.804. The Hall–Kier alpha value is -2.28. The van der Waals surface area contributed by atoms with Crippen LogP contribution in [0, 0.1) is 4.91 Å². The maximum absolute atomic E-state index is 11.2. The lowest BCUT2D eigenvalue weighted by Crippen LogP contribution is -2.36. The fourth-order valence-electron chi connectivity index (χ4n) is 1.10. The Balaban J connectivity index is 2.26. The van der Waals surface area contributed by atoms with Crippen LogP contribution in [-0.2, 0) is 16.1 Å².